The summed E-state index contributed by atoms with van der Waals surface area (Å²) in [6.45, 7) is 3.71. The molecule has 0 aliphatic carbocycles. The van der Waals surface area contributed by atoms with Gasteiger partial charge in [0.25, 0.3) is 5.91 Å². The molecule has 0 saturated carbocycles. The van der Waals surface area contributed by atoms with E-state index in [0.29, 0.717) is 26.2 Å². The van der Waals surface area contributed by atoms with Gasteiger partial charge >= 0.3 is 6.03 Å². The van der Waals surface area contributed by atoms with Gasteiger partial charge < -0.3 is 19.9 Å². The second-order valence-electron chi connectivity index (χ2n) is 7.05. The van der Waals surface area contributed by atoms with Gasteiger partial charge in [-0.15, -0.1) is 0 Å². The number of hydrogen-bond acceptors (Lipinski definition) is 5. The molecule has 0 spiro atoms. The predicted molar refractivity (Wildman–Crippen MR) is 101 cm³/mol. The summed E-state index contributed by atoms with van der Waals surface area (Å²) in [5.41, 5.74) is -0.330. The van der Waals surface area contributed by atoms with Crippen LogP contribution in [-0.2, 0) is 9.59 Å². The Kier molecular flexibility index (Phi) is 5.64. The first-order valence-electron chi connectivity index (χ1n) is 8.93. The molecule has 2 fully saturated rings. The van der Waals surface area contributed by atoms with Crippen molar-refractivity contribution >= 4 is 35.1 Å². The Balaban J connectivity index is 1.55. The Labute approximate surface area is 166 Å². The van der Waals surface area contributed by atoms with Crippen LogP contribution in [-0.4, -0.2) is 61.6 Å². The van der Waals surface area contributed by atoms with E-state index in [1.54, 1.807) is 24.0 Å². The van der Waals surface area contributed by atoms with E-state index in [2.05, 4.69) is 10.6 Å². The predicted octanol–water partition coefficient (Wildman–Crippen LogP) is 1.51. The van der Waals surface area contributed by atoms with Gasteiger partial charge in [0, 0.05) is 44.4 Å². The van der Waals surface area contributed by atoms with Crippen LogP contribution in [0.5, 0.6) is 5.75 Å². The molecule has 2 heterocycles. The van der Waals surface area contributed by atoms with Gasteiger partial charge in [-0.3, -0.25) is 14.9 Å². The maximum absolute atomic E-state index is 13.8. The number of amides is 4. The van der Waals surface area contributed by atoms with E-state index in [4.69, 9.17) is 16.3 Å². The van der Waals surface area contributed by atoms with Crippen molar-refractivity contribution in [1.82, 2.24) is 15.5 Å². The van der Waals surface area contributed by atoms with Crippen molar-refractivity contribution in [2.75, 3.05) is 38.2 Å². The van der Waals surface area contributed by atoms with Crippen LogP contribution in [0.4, 0.5) is 14.9 Å². The Morgan fingerprint density at radius 3 is 2.54 bits per heavy atom. The number of nitrogens with one attached hydrogen (secondary N) is 2. The van der Waals surface area contributed by atoms with Crippen molar-refractivity contribution < 1.29 is 23.5 Å². The summed E-state index contributed by atoms with van der Waals surface area (Å²) in [5.74, 6) is -1.02. The number of urea groups is 1. The van der Waals surface area contributed by atoms with Gasteiger partial charge in [0.1, 0.15) is 5.54 Å². The molecule has 2 aliphatic heterocycles. The van der Waals surface area contributed by atoms with Crippen molar-refractivity contribution in [3.63, 3.8) is 0 Å². The molecule has 2 aliphatic rings. The molecule has 28 heavy (non-hydrogen) atoms. The fourth-order valence-corrected chi connectivity index (χ4v) is 3.57. The number of halogens is 2. The van der Waals surface area contributed by atoms with Gasteiger partial charge in [-0.05, 0) is 19.4 Å². The van der Waals surface area contributed by atoms with E-state index in [-0.39, 0.29) is 29.5 Å². The Morgan fingerprint density at radius 2 is 1.96 bits per heavy atom. The molecule has 2 saturated heterocycles. The molecule has 3 rings (SSSR count). The number of carbonyl (C=O) groups excluding carboxylic acids is 3. The van der Waals surface area contributed by atoms with Gasteiger partial charge in [0.2, 0.25) is 5.91 Å². The summed E-state index contributed by atoms with van der Waals surface area (Å²) in [6.07, 6.45) is 0.384. The zero-order chi connectivity index (χ0) is 20.5. The van der Waals surface area contributed by atoms with Crippen molar-refractivity contribution in [2.45, 2.75) is 25.3 Å². The third kappa shape index (κ3) is 3.99. The number of benzene rings is 1. The van der Waals surface area contributed by atoms with E-state index in [9.17, 15) is 18.8 Å². The number of ether oxygens (including phenoxy) is 1. The topological polar surface area (TPSA) is 91.0 Å². The Morgan fingerprint density at radius 1 is 1.29 bits per heavy atom. The highest BCUT2D eigenvalue weighted by Gasteiger charge is 2.42. The molecular weight excluding hydrogens is 391 g/mol. The second-order valence-corrected chi connectivity index (χ2v) is 7.46. The van der Waals surface area contributed by atoms with E-state index >= 15 is 0 Å². The number of carbonyl (C=O) groups is 3. The molecule has 2 N–H and O–H groups in total. The zero-order valence-corrected chi connectivity index (χ0v) is 16.4. The van der Waals surface area contributed by atoms with Crippen molar-refractivity contribution in [3.8, 4) is 5.75 Å². The van der Waals surface area contributed by atoms with Crippen LogP contribution in [0.3, 0.4) is 0 Å². The third-order valence-corrected chi connectivity index (χ3v) is 5.43. The fourth-order valence-electron chi connectivity index (χ4n) is 3.37. The smallest absolute Gasteiger partial charge is 0.322 e. The average Bonchev–Trinajstić information content (AvgIpc) is 2.94. The number of hydrogen-bond donors (Lipinski definition) is 2. The van der Waals surface area contributed by atoms with Crippen molar-refractivity contribution in [2.24, 2.45) is 0 Å². The Bertz CT molecular complexity index is 813. The van der Waals surface area contributed by atoms with Crippen LogP contribution in [0, 0.1) is 5.82 Å². The van der Waals surface area contributed by atoms with Gasteiger partial charge in [-0.25, -0.2) is 9.18 Å². The number of piperazine rings is 1. The van der Waals surface area contributed by atoms with Crippen LogP contribution in [0.25, 0.3) is 0 Å². The van der Waals surface area contributed by atoms with E-state index in [1.165, 1.54) is 7.11 Å². The number of rotatable bonds is 5. The lowest BCUT2D eigenvalue weighted by molar-refractivity contribution is -0.132. The largest absolute Gasteiger partial charge is 0.494 e. The molecule has 4 amide bonds. The number of methoxy groups -OCH3 is 1. The van der Waals surface area contributed by atoms with Gasteiger partial charge in [0.05, 0.1) is 12.1 Å². The fraction of sp³-hybridized carbons (Fsp3) is 0.500. The first-order chi connectivity index (χ1) is 13.2. The third-order valence-electron chi connectivity index (χ3n) is 5.15. The summed E-state index contributed by atoms with van der Waals surface area (Å²) in [5, 5.41) is 4.72. The summed E-state index contributed by atoms with van der Waals surface area (Å²) in [7, 11) is 1.38. The molecule has 10 heteroatoms. The maximum atomic E-state index is 13.8. The summed E-state index contributed by atoms with van der Waals surface area (Å²) < 4.78 is 18.8. The quantitative estimate of drug-likeness (QED) is 0.715. The minimum atomic E-state index is -1.06. The lowest BCUT2D eigenvalue weighted by Gasteiger charge is -2.36. The lowest BCUT2D eigenvalue weighted by atomic mass is 9.96. The van der Waals surface area contributed by atoms with Crippen molar-refractivity contribution in [3.05, 3.63) is 23.0 Å². The van der Waals surface area contributed by atoms with Crippen LogP contribution in [0.15, 0.2) is 12.1 Å². The van der Waals surface area contributed by atoms with Crippen LogP contribution in [0.2, 0.25) is 5.02 Å². The summed E-state index contributed by atoms with van der Waals surface area (Å²) >= 11 is 5.93. The SMILES string of the molecule is COc1cc(N2CCN(C(=O)CC[C@@]3(C)NC(=O)NC3=O)CC2)cc(Cl)c1F. The molecule has 1 atom stereocenters. The van der Waals surface area contributed by atoms with Crippen LogP contribution in [0.1, 0.15) is 19.8 Å². The molecule has 0 bridgehead atoms. The van der Waals surface area contributed by atoms with Gasteiger partial charge in [0.15, 0.2) is 11.6 Å². The van der Waals surface area contributed by atoms with Crippen LogP contribution >= 0.6 is 11.6 Å². The standard InChI is InChI=1S/C18H22ClFN4O4/c1-18(16(26)21-17(27)22-18)4-3-14(25)24-7-5-23(6-8-24)11-9-12(19)15(20)13(10-11)28-2/h9-10H,3-8H2,1-2H3,(H2,21,22,26,27)/t18-/m1/s1. The first kappa shape index (κ1) is 20.2. The highest BCUT2D eigenvalue weighted by Crippen LogP contribution is 2.31. The van der Waals surface area contributed by atoms with Crippen LogP contribution < -0.4 is 20.3 Å². The normalized spacial score (nSPS) is 22.1. The molecule has 1 aromatic rings. The molecule has 0 aromatic heterocycles. The minimum absolute atomic E-state index is 0.0158. The van der Waals surface area contributed by atoms with Crippen molar-refractivity contribution in [1.29, 1.82) is 0 Å². The second kappa shape index (κ2) is 7.83. The maximum Gasteiger partial charge on any atom is 0.322 e. The summed E-state index contributed by atoms with van der Waals surface area (Å²) in [6, 6.07) is 2.59. The molecule has 8 nitrogen and oxygen atoms in total. The molecular formula is C18H22ClFN4O4. The van der Waals surface area contributed by atoms with Gasteiger partial charge in [-0.2, -0.15) is 0 Å². The number of nitrogens with zero attached hydrogens (tertiary/aromatic N) is 2. The average molecular weight is 413 g/mol. The van der Waals surface area contributed by atoms with Gasteiger partial charge in [-0.1, -0.05) is 11.6 Å². The Hall–Kier alpha value is -2.55. The first-order valence-corrected chi connectivity index (χ1v) is 9.30. The molecule has 152 valence electrons. The molecule has 1 aromatic carbocycles. The highest BCUT2D eigenvalue weighted by molar-refractivity contribution is 6.31. The van der Waals surface area contributed by atoms with E-state index in [1.807, 2.05) is 4.90 Å². The molecule has 0 radical (unpaired) electrons. The number of imide groups is 1. The van der Waals surface area contributed by atoms with E-state index < -0.39 is 23.3 Å². The summed E-state index contributed by atoms with van der Waals surface area (Å²) in [4.78, 5) is 39.3. The lowest BCUT2D eigenvalue weighted by Crippen LogP contribution is -2.50. The van der Waals surface area contributed by atoms with E-state index in [0.717, 1.165) is 5.69 Å². The number of anilines is 1. The highest BCUT2D eigenvalue weighted by atomic mass is 35.5. The monoisotopic (exact) mass is 412 g/mol. The minimum Gasteiger partial charge on any atom is -0.494 e. The molecule has 0 unspecified atom stereocenters. The zero-order valence-electron chi connectivity index (χ0n) is 15.7.